The lowest BCUT2D eigenvalue weighted by atomic mass is 10.2. The summed E-state index contributed by atoms with van der Waals surface area (Å²) in [7, 11) is -3.45. The van der Waals surface area contributed by atoms with Gasteiger partial charge >= 0.3 is 7.82 Å². The molecule has 0 bridgehead atoms. The van der Waals surface area contributed by atoms with Crippen molar-refractivity contribution in [2.45, 2.75) is 13.8 Å². The van der Waals surface area contributed by atoms with Crippen molar-refractivity contribution in [1.29, 1.82) is 0 Å². The predicted molar refractivity (Wildman–Crippen MR) is 76.6 cm³/mol. The van der Waals surface area contributed by atoms with Crippen molar-refractivity contribution in [2.24, 2.45) is 0 Å². The molecular formula is C14H19O4P. The second-order valence-corrected chi connectivity index (χ2v) is 5.11. The first-order valence-corrected chi connectivity index (χ1v) is 7.62. The lowest BCUT2D eigenvalue weighted by Gasteiger charge is -2.13. The van der Waals surface area contributed by atoms with Crippen LogP contribution in [0.25, 0.3) is 6.08 Å². The Bertz CT molecular complexity index is 444. The third-order valence-electron chi connectivity index (χ3n) is 2.04. The van der Waals surface area contributed by atoms with Gasteiger partial charge in [-0.25, -0.2) is 4.57 Å². The van der Waals surface area contributed by atoms with Crippen LogP contribution < -0.4 is 0 Å². The van der Waals surface area contributed by atoms with Gasteiger partial charge in [-0.1, -0.05) is 42.5 Å². The van der Waals surface area contributed by atoms with Crippen LogP contribution in [0.1, 0.15) is 19.4 Å². The van der Waals surface area contributed by atoms with Gasteiger partial charge < -0.3 is 4.52 Å². The third-order valence-corrected chi connectivity index (χ3v) is 3.57. The molecule has 5 heteroatoms. The zero-order valence-electron chi connectivity index (χ0n) is 11.2. The maximum absolute atomic E-state index is 11.9. The summed E-state index contributed by atoms with van der Waals surface area (Å²) in [4.78, 5) is 0. The van der Waals surface area contributed by atoms with E-state index in [9.17, 15) is 4.57 Å². The molecule has 1 rings (SSSR count). The second-order valence-electron chi connectivity index (χ2n) is 3.49. The first-order chi connectivity index (χ1) is 9.20. The normalized spacial score (nSPS) is 12.3. The topological polar surface area (TPSA) is 44.8 Å². The largest absolute Gasteiger partial charge is 0.529 e. The fraction of sp³-hybridized carbons (Fsp3) is 0.286. The van der Waals surface area contributed by atoms with Crippen LogP contribution in [0, 0.1) is 0 Å². The standard InChI is InChI=1S/C14H19O4P/c1-3-16-19(15,17-4-2)18-13-9-8-12-14-10-6-5-7-11-14/h5-13H,3-4H2,1-2H3/b12-8+,13-9+. The van der Waals surface area contributed by atoms with Gasteiger partial charge in [-0.2, -0.15) is 0 Å². The van der Waals surface area contributed by atoms with Gasteiger partial charge in [0.1, 0.15) is 0 Å². The van der Waals surface area contributed by atoms with Crippen molar-refractivity contribution < 1.29 is 18.1 Å². The average Bonchev–Trinajstić information content (AvgIpc) is 2.40. The van der Waals surface area contributed by atoms with Crippen molar-refractivity contribution in [3.63, 3.8) is 0 Å². The minimum atomic E-state index is -3.45. The number of phosphoric acid groups is 1. The molecule has 1 aromatic rings. The molecule has 0 aromatic heterocycles. The molecule has 0 aliphatic heterocycles. The summed E-state index contributed by atoms with van der Waals surface area (Å²) in [5, 5.41) is 0. The quantitative estimate of drug-likeness (QED) is 0.402. The molecule has 1 aromatic carbocycles. The van der Waals surface area contributed by atoms with Crippen LogP contribution in [-0.4, -0.2) is 13.2 Å². The zero-order chi connectivity index (χ0) is 14.0. The molecule has 0 atom stereocenters. The Kier molecular flexibility index (Phi) is 7.19. The Morgan fingerprint density at radius 2 is 1.68 bits per heavy atom. The monoisotopic (exact) mass is 282 g/mol. The Morgan fingerprint density at radius 3 is 2.26 bits per heavy atom. The maximum atomic E-state index is 11.9. The molecule has 0 aliphatic carbocycles. The molecule has 0 radical (unpaired) electrons. The van der Waals surface area contributed by atoms with Crippen LogP contribution in [0.3, 0.4) is 0 Å². The number of allylic oxidation sites excluding steroid dienone is 2. The van der Waals surface area contributed by atoms with E-state index in [2.05, 4.69) is 0 Å². The minimum Gasteiger partial charge on any atom is -0.412 e. The first kappa shape index (κ1) is 15.7. The highest BCUT2D eigenvalue weighted by molar-refractivity contribution is 7.48. The van der Waals surface area contributed by atoms with E-state index in [1.165, 1.54) is 6.26 Å². The van der Waals surface area contributed by atoms with Crippen molar-refractivity contribution in [2.75, 3.05) is 13.2 Å². The number of phosphoric ester groups is 1. The van der Waals surface area contributed by atoms with Crippen LogP contribution >= 0.6 is 7.82 Å². The first-order valence-electron chi connectivity index (χ1n) is 6.16. The molecule has 0 amide bonds. The van der Waals surface area contributed by atoms with E-state index in [4.69, 9.17) is 13.6 Å². The van der Waals surface area contributed by atoms with Gasteiger partial charge in [0.2, 0.25) is 0 Å². The second kappa shape index (κ2) is 8.70. The summed E-state index contributed by atoms with van der Waals surface area (Å²) in [5.74, 6) is 0. The predicted octanol–water partition coefficient (Wildman–Crippen LogP) is 4.41. The van der Waals surface area contributed by atoms with Gasteiger partial charge in [0.05, 0.1) is 19.5 Å². The van der Waals surface area contributed by atoms with E-state index < -0.39 is 7.82 Å². The molecule has 0 aliphatic rings. The number of hydrogen-bond donors (Lipinski definition) is 0. The maximum Gasteiger partial charge on any atom is 0.529 e. The van der Waals surface area contributed by atoms with Crippen molar-refractivity contribution >= 4 is 13.9 Å². The lowest BCUT2D eigenvalue weighted by Crippen LogP contribution is -1.96. The third kappa shape index (κ3) is 6.39. The molecule has 0 saturated carbocycles. The Labute approximate surface area is 114 Å². The highest BCUT2D eigenvalue weighted by Gasteiger charge is 2.24. The van der Waals surface area contributed by atoms with Gasteiger partial charge in [0.15, 0.2) is 0 Å². The number of rotatable bonds is 8. The van der Waals surface area contributed by atoms with Crippen LogP contribution in [0.15, 0.2) is 48.7 Å². The van der Waals surface area contributed by atoms with E-state index in [-0.39, 0.29) is 13.2 Å². The van der Waals surface area contributed by atoms with Crippen molar-refractivity contribution in [3.8, 4) is 0 Å². The van der Waals surface area contributed by atoms with E-state index in [1.54, 1.807) is 26.0 Å². The summed E-state index contributed by atoms with van der Waals surface area (Å²) in [6, 6.07) is 9.83. The molecule has 0 heterocycles. The zero-order valence-corrected chi connectivity index (χ0v) is 12.1. The Hall–Kier alpha value is -1.35. The van der Waals surface area contributed by atoms with E-state index >= 15 is 0 Å². The molecule has 19 heavy (non-hydrogen) atoms. The minimum absolute atomic E-state index is 0.269. The van der Waals surface area contributed by atoms with Gasteiger partial charge in [-0.3, -0.25) is 9.05 Å². The van der Waals surface area contributed by atoms with Crippen molar-refractivity contribution in [3.05, 3.63) is 54.3 Å². The summed E-state index contributed by atoms with van der Waals surface area (Å²) in [5.41, 5.74) is 1.07. The van der Waals surface area contributed by atoms with E-state index in [1.807, 2.05) is 36.4 Å². The summed E-state index contributed by atoms with van der Waals surface area (Å²) in [6.07, 6.45) is 6.65. The van der Waals surface area contributed by atoms with Crippen LogP contribution in [0.5, 0.6) is 0 Å². The summed E-state index contributed by atoms with van der Waals surface area (Å²) >= 11 is 0. The molecule has 0 unspecified atom stereocenters. The average molecular weight is 282 g/mol. The summed E-state index contributed by atoms with van der Waals surface area (Å²) < 4.78 is 26.9. The SMILES string of the molecule is CCOP(=O)(O/C=C/C=C/c1ccccc1)OCC. The van der Waals surface area contributed by atoms with Gasteiger partial charge in [-0.15, -0.1) is 0 Å². The molecule has 104 valence electrons. The molecular weight excluding hydrogens is 263 g/mol. The van der Waals surface area contributed by atoms with Gasteiger partial charge in [0, 0.05) is 0 Å². The van der Waals surface area contributed by atoms with Gasteiger partial charge in [-0.05, 0) is 25.5 Å². The number of benzene rings is 1. The Morgan fingerprint density at radius 1 is 1.05 bits per heavy atom. The summed E-state index contributed by atoms with van der Waals surface area (Å²) in [6.45, 7) is 4.00. The molecule has 0 fully saturated rings. The molecule has 0 saturated heterocycles. The fourth-order valence-electron chi connectivity index (χ4n) is 1.30. The van der Waals surface area contributed by atoms with E-state index in [0.29, 0.717) is 0 Å². The molecule has 4 nitrogen and oxygen atoms in total. The van der Waals surface area contributed by atoms with Crippen LogP contribution in [0.2, 0.25) is 0 Å². The van der Waals surface area contributed by atoms with Crippen LogP contribution in [-0.2, 0) is 18.1 Å². The number of hydrogen-bond acceptors (Lipinski definition) is 4. The van der Waals surface area contributed by atoms with Crippen molar-refractivity contribution in [1.82, 2.24) is 0 Å². The van der Waals surface area contributed by atoms with Gasteiger partial charge in [0.25, 0.3) is 0 Å². The van der Waals surface area contributed by atoms with E-state index in [0.717, 1.165) is 5.56 Å². The lowest BCUT2D eigenvalue weighted by molar-refractivity contribution is 0.154. The molecule has 0 N–H and O–H groups in total. The highest BCUT2D eigenvalue weighted by atomic mass is 31.2. The Balaban J connectivity index is 2.48. The molecule has 0 spiro atoms. The highest BCUT2D eigenvalue weighted by Crippen LogP contribution is 2.49. The fourth-order valence-corrected chi connectivity index (χ4v) is 2.35. The van der Waals surface area contributed by atoms with Crippen LogP contribution in [0.4, 0.5) is 0 Å². The smallest absolute Gasteiger partial charge is 0.412 e.